The van der Waals surface area contributed by atoms with Crippen LogP contribution in [-0.2, 0) is 0 Å². The van der Waals surface area contributed by atoms with Gasteiger partial charge in [-0.2, -0.15) is 0 Å². The molecule has 0 spiro atoms. The zero-order chi connectivity index (χ0) is 8.27. The van der Waals surface area contributed by atoms with E-state index in [4.69, 9.17) is 16.7 Å². The molecule has 0 unspecified atom stereocenters. The molecule has 1 aromatic heterocycles. The topological polar surface area (TPSA) is 62.2 Å². The summed E-state index contributed by atoms with van der Waals surface area (Å²) >= 11 is 5.58. The fourth-order valence-electron chi connectivity index (χ4n) is 0.592. The van der Waals surface area contributed by atoms with E-state index in [1.165, 1.54) is 18.5 Å². The highest BCUT2D eigenvalue weighted by Crippen LogP contribution is 2.18. The third-order valence-corrected chi connectivity index (χ3v) is 1.32. The molecule has 1 amide bonds. The summed E-state index contributed by atoms with van der Waals surface area (Å²) in [4.78, 5) is 13.8. The summed E-state index contributed by atoms with van der Waals surface area (Å²) < 4.78 is 0. The van der Waals surface area contributed by atoms with E-state index in [1.54, 1.807) is 0 Å². The van der Waals surface area contributed by atoms with E-state index in [0.29, 0.717) is 5.69 Å². The fraction of sp³-hybridized carbons (Fsp3) is 0. The van der Waals surface area contributed by atoms with Crippen LogP contribution in [0.1, 0.15) is 0 Å². The van der Waals surface area contributed by atoms with Crippen molar-refractivity contribution in [1.82, 2.24) is 4.98 Å². The number of carbonyl (C=O) groups is 1. The predicted molar refractivity (Wildman–Crippen MR) is 40.9 cm³/mol. The lowest BCUT2D eigenvalue weighted by Gasteiger charge is -2.00. The standard InChI is InChI=1S/C6H5ClN2O2/c7-4-3-8-2-1-5(4)9-6(10)11/h1-3H,(H,8,9)(H,10,11). The predicted octanol–water partition coefficient (Wildman–Crippen LogP) is 1.82. The summed E-state index contributed by atoms with van der Waals surface area (Å²) in [5.41, 5.74) is 0.342. The minimum atomic E-state index is -1.14. The van der Waals surface area contributed by atoms with Gasteiger partial charge in [-0.25, -0.2) is 4.79 Å². The maximum Gasteiger partial charge on any atom is 0.409 e. The van der Waals surface area contributed by atoms with Crippen molar-refractivity contribution in [2.75, 3.05) is 5.32 Å². The Morgan fingerprint density at radius 1 is 1.73 bits per heavy atom. The molecule has 1 aromatic rings. The lowest BCUT2D eigenvalue weighted by molar-refractivity contribution is 0.210. The summed E-state index contributed by atoms with van der Waals surface area (Å²) in [6.07, 6.45) is 1.68. The number of nitrogens with zero attached hydrogens (tertiary/aromatic N) is 1. The van der Waals surface area contributed by atoms with E-state index in [1.807, 2.05) is 0 Å². The van der Waals surface area contributed by atoms with Crippen LogP contribution in [-0.4, -0.2) is 16.2 Å². The fourth-order valence-corrected chi connectivity index (χ4v) is 0.758. The minimum absolute atomic E-state index is 0.287. The highest BCUT2D eigenvalue weighted by molar-refractivity contribution is 6.33. The normalized spacial score (nSPS) is 9.18. The van der Waals surface area contributed by atoms with Crippen molar-refractivity contribution in [3.8, 4) is 0 Å². The Kier molecular flexibility index (Phi) is 2.28. The van der Waals surface area contributed by atoms with Crippen molar-refractivity contribution in [3.05, 3.63) is 23.5 Å². The Morgan fingerprint density at radius 3 is 3.00 bits per heavy atom. The van der Waals surface area contributed by atoms with Crippen LogP contribution >= 0.6 is 11.6 Å². The van der Waals surface area contributed by atoms with Gasteiger partial charge in [0.2, 0.25) is 0 Å². The number of hydrogen-bond acceptors (Lipinski definition) is 2. The van der Waals surface area contributed by atoms with Gasteiger partial charge in [-0.15, -0.1) is 0 Å². The van der Waals surface area contributed by atoms with Crippen LogP contribution in [0, 0.1) is 0 Å². The molecule has 4 nitrogen and oxygen atoms in total. The van der Waals surface area contributed by atoms with Crippen LogP contribution < -0.4 is 5.32 Å². The molecule has 0 fully saturated rings. The van der Waals surface area contributed by atoms with Crippen LogP contribution in [0.15, 0.2) is 18.5 Å². The minimum Gasteiger partial charge on any atom is -0.465 e. The number of aromatic nitrogens is 1. The van der Waals surface area contributed by atoms with Gasteiger partial charge in [0.1, 0.15) is 0 Å². The molecule has 0 saturated carbocycles. The van der Waals surface area contributed by atoms with Crippen molar-refractivity contribution in [3.63, 3.8) is 0 Å². The number of halogens is 1. The van der Waals surface area contributed by atoms with Gasteiger partial charge in [0.25, 0.3) is 0 Å². The van der Waals surface area contributed by atoms with Crippen molar-refractivity contribution in [2.45, 2.75) is 0 Å². The van der Waals surface area contributed by atoms with Crippen molar-refractivity contribution < 1.29 is 9.90 Å². The van der Waals surface area contributed by atoms with Crippen LogP contribution in [0.4, 0.5) is 10.5 Å². The van der Waals surface area contributed by atoms with Gasteiger partial charge in [-0.05, 0) is 6.07 Å². The van der Waals surface area contributed by atoms with Crippen LogP contribution in [0.25, 0.3) is 0 Å². The molecule has 0 radical (unpaired) electrons. The molecule has 0 atom stereocenters. The molecular formula is C6H5ClN2O2. The second-order valence-electron chi connectivity index (χ2n) is 1.79. The first-order chi connectivity index (χ1) is 5.20. The highest BCUT2D eigenvalue weighted by atomic mass is 35.5. The molecule has 0 aromatic carbocycles. The molecule has 1 heterocycles. The molecule has 5 heteroatoms. The van der Waals surface area contributed by atoms with Gasteiger partial charge in [0.05, 0.1) is 10.7 Å². The molecule has 0 bridgehead atoms. The summed E-state index contributed by atoms with van der Waals surface area (Å²) in [5, 5.41) is 10.7. The average molecular weight is 173 g/mol. The molecule has 2 N–H and O–H groups in total. The van der Waals surface area contributed by atoms with E-state index in [-0.39, 0.29) is 5.02 Å². The van der Waals surface area contributed by atoms with Gasteiger partial charge in [-0.3, -0.25) is 10.3 Å². The van der Waals surface area contributed by atoms with E-state index >= 15 is 0 Å². The Balaban J connectivity index is 2.86. The number of carboxylic acid groups (broad SMARTS) is 1. The van der Waals surface area contributed by atoms with Crippen LogP contribution in [0.2, 0.25) is 5.02 Å². The summed E-state index contributed by atoms with van der Waals surface area (Å²) in [6, 6.07) is 1.48. The zero-order valence-electron chi connectivity index (χ0n) is 5.41. The Labute approximate surface area is 67.8 Å². The van der Waals surface area contributed by atoms with E-state index in [0.717, 1.165) is 0 Å². The Bertz CT molecular complexity index is 277. The van der Waals surface area contributed by atoms with Gasteiger partial charge in [0, 0.05) is 12.4 Å². The first kappa shape index (κ1) is 7.81. The van der Waals surface area contributed by atoms with Crippen LogP contribution in [0.3, 0.4) is 0 Å². The molecular weight excluding hydrogens is 168 g/mol. The van der Waals surface area contributed by atoms with Crippen molar-refractivity contribution >= 4 is 23.4 Å². The molecule has 0 aliphatic carbocycles. The third kappa shape index (κ3) is 2.09. The molecule has 0 saturated heterocycles. The zero-order valence-corrected chi connectivity index (χ0v) is 6.17. The number of pyridine rings is 1. The number of amides is 1. The summed E-state index contributed by atoms with van der Waals surface area (Å²) in [5.74, 6) is 0. The molecule has 0 aliphatic heterocycles. The monoisotopic (exact) mass is 172 g/mol. The maximum absolute atomic E-state index is 10.1. The average Bonchev–Trinajstić information content (AvgIpc) is 1.93. The smallest absolute Gasteiger partial charge is 0.409 e. The Morgan fingerprint density at radius 2 is 2.45 bits per heavy atom. The molecule has 58 valence electrons. The quantitative estimate of drug-likeness (QED) is 0.679. The highest BCUT2D eigenvalue weighted by Gasteiger charge is 2.01. The third-order valence-electron chi connectivity index (χ3n) is 1.01. The Hall–Kier alpha value is -1.29. The lowest BCUT2D eigenvalue weighted by atomic mass is 10.4. The largest absolute Gasteiger partial charge is 0.465 e. The number of anilines is 1. The number of rotatable bonds is 1. The summed E-state index contributed by atoms with van der Waals surface area (Å²) in [7, 11) is 0. The van der Waals surface area contributed by atoms with E-state index < -0.39 is 6.09 Å². The van der Waals surface area contributed by atoms with Crippen LogP contribution in [0.5, 0.6) is 0 Å². The first-order valence-electron chi connectivity index (χ1n) is 2.79. The lowest BCUT2D eigenvalue weighted by Crippen LogP contribution is -2.07. The first-order valence-corrected chi connectivity index (χ1v) is 3.17. The number of hydrogen-bond donors (Lipinski definition) is 2. The van der Waals surface area contributed by atoms with Gasteiger partial charge >= 0.3 is 6.09 Å². The molecule has 0 aliphatic rings. The van der Waals surface area contributed by atoms with E-state index in [9.17, 15) is 4.79 Å². The van der Waals surface area contributed by atoms with Gasteiger partial charge in [-0.1, -0.05) is 11.6 Å². The van der Waals surface area contributed by atoms with Gasteiger partial charge < -0.3 is 5.11 Å². The second kappa shape index (κ2) is 3.21. The van der Waals surface area contributed by atoms with Crippen molar-refractivity contribution in [1.29, 1.82) is 0 Å². The number of nitrogens with one attached hydrogen (secondary N) is 1. The maximum atomic E-state index is 10.1. The SMILES string of the molecule is O=C(O)Nc1ccncc1Cl. The van der Waals surface area contributed by atoms with Crippen molar-refractivity contribution in [2.24, 2.45) is 0 Å². The second-order valence-corrected chi connectivity index (χ2v) is 2.19. The van der Waals surface area contributed by atoms with Gasteiger partial charge in [0.15, 0.2) is 0 Å². The van der Waals surface area contributed by atoms with E-state index in [2.05, 4.69) is 10.3 Å². The molecule has 11 heavy (non-hydrogen) atoms. The summed E-state index contributed by atoms with van der Waals surface area (Å²) in [6.45, 7) is 0. The molecule has 1 rings (SSSR count).